The van der Waals surface area contributed by atoms with E-state index in [0.717, 1.165) is 0 Å². The van der Waals surface area contributed by atoms with Gasteiger partial charge in [-0.3, -0.25) is 19.4 Å². The number of amidine groups is 2. The number of carbonyl (C=O) groups is 1. The summed E-state index contributed by atoms with van der Waals surface area (Å²) in [4.78, 5) is 21.3. The second kappa shape index (κ2) is 11.0. The minimum Gasteiger partial charge on any atom is -0.504 e. The van der Waals surface area contributed by atoms with Crippen molar-refractivity contribution in [3.8, 4) is 28.9 Å². The number of rotatable bonds is 9. The van der Waals surface area contributed by atoms with Gasteiger partial charge in [-0.15, -0.1) is 0 Å². The highest BCUT2D eigenvalue weighted by Gasteiger charge is 2.27. The van der Waals surface area contributed by atoms with Crippen LogP contribution in [0.25, 0.3) is 0 Å². The first-order valence-corrected chi connectivity index (χ1v) is 12.6. The van der Waals surface area contributed by atoms with E-state index < -0.39 is 51.0 Å². The molecular weight excluding hydrogens is 536 g/mol. The molecule has 2 atom stereocenters. The van der Waals surface area contributed by atoms with Gasteiger partial charge in [-0.1, -0.05) is 0 Å². The van der Waals surface area contributed by atoms with Crippen LogP contribution < -0.4 is 15.2 Å². The van der Waals surface area contributed by atoms with Gasteiger partial charge in [0.15, 0.2) is 17.3 Å². The number of likely N-dealkylation sites (N-methyl/N-ethyl adjacent to an activating group) is 1. The van der Waals surface area contributed by atoms with Crippen LogP contribution in [0.3, 0.4) is 0 Å². The molecule has 14 heteroatoms. The lowest BCUT2D eigenvalue weighted by Gasteiger charge is -2.19. The number of phenols is 1. The highest BCUT2D eigenvalue weighted by Crippen LogP contribution is 2.38. The van der Waals surface area contributed by atoms with Gasteiger partial charge in [-0.25, -0.2) is 9.37 Å². The average Bonchev–Trinajstić information content (AvgIpc) is 3.33. The number of hydrogen-bond donors (Lipinski definition) is 4. The Kier molecular flexibility index (Phi) is 7.76. The number of aliphatic imine (C=N–C) groups is 1. The van der Waals surface area contributed by atoms with Crippen LogP contribution in [-0.4, -0.2) is 67.3 Å². The van der Waals surface area contributed by atoms with E-state index in [2.05, 4.69) is 9.98 Å². The largest absolute Gasteiger partial charge is 0.504 e. The minimum atomic E-state index is -1.93. The van der Waals surface area contributed by atoms with Crippen LogP contribution in [0.15, 0.2) is 52.5 Å². The fraction of sp³-hybridized carbons (Fsp3) is 0.200. The summed E-state index contributed by atoms with van der Waals surface area (Å²) >= 11 is 0. The molecule has 2 heterocycles. The van der Waals surface area contributed by atoms with Gasteiger partial charge in [0, 0.05) is 24.1 Å². The summed E-state index contributed by atoms with van der Waals surface area (Å²) in [6.07, 6.45) is 0.663. The van der Waals surface area contributed by atoms with E-state index in [1.165, 1.54) is 43.3 Å². The van der Waals surface area contributed by atoms with Gasteiger partial charge in [0.05, 0.1) is 29.1 Å². The fourth-order valence-corrected chi connectivity index (χ4v) is 4.62. The minimum absolute atomic E-state index is 0.0531. The van der Waals surface area contributed by atoms with Crippen LogP contribution in [0, 0.1) is 17.0 Å². The highest BCUT2D eigenvalue weighted by molar-refractivity contribution is 7.86. The molecule has 39 heavy (non-hydrogen) atoms. The van der Waals surface area contributed by atoms with Crippen molar-refractivity contribution in [1.29, 1.82) is 5.41 Å². The monoisotopic (exact) mass is 559 g/mol. The van der Waals surface area contributed by atoms with Gasteiger partial charge >= 0.3 is 5.97 Å². The molecule has 1 aromatic heterocycles. The molecule has 5 N–H and O–H groups in total. The number of carboxylic acid groups (broad SMARTS) is 1. The Balaban J connectivity index is 1.74. The summed E-state index contributed by atoms with van der Waals surface area (Å²) in [6.45, 7) is 2.28. The number of pyridine rings is 1. The van der Waals surface area contributed by atoms with Crippen molar-refractivity contribution in [3.63, 3.8) is 0 Å². The first kappa shape index (κ1) is 27.4. The molecule has 0 saturated carbocycles. The summed E-state index contributed by atoms with van der Waals surface area (Å²) in [5, 5.41) is 25.7. The Hall–Kier alpha value is -4.59. The molecule has 0 spiro atoms. The van der Waals surface area contributed by atoms with E-state index in [0.29, 0.717) is 25.1 Å². The van der Waals surface area contributed by atoms with Crippen molar-refractivity contribution in [2.75, 3.05) is 20.1 Å². The number of carboxylic acids is 1. The van der Waals surface area contributed by atoms with Gasteiger partial charge in [0.25, 0.3) is 5.88 Å². The second-order valence-electron chi connectivity index (χ2n) is 8.42. The number of aliphatic carboxylic acids is 1. The Morgan fingerprint density at radius 3 is 2.59 bits per heavy atom. The Bertz CT molecular complexity index is 1530. The fourth-order valence-electron chi connectivity index (χ4n) is 3.59. The van der Waals surface area contributed by atoms with Crippen LogP contribution in [0.2, 0.25) is 0 Å². The number of ether oxygens (including phenoxy) is 2. The van der Waals surface area contributed by atoms with E-state index >= 15 is 4.39 Å². The van der Waals surface area contributed by atoms with Gasteiger partial charge in [0.2, 0.25) is 11.6 Å². The molecule has 1 aliphatic heterocycles. The van der Waals surface area contributed by atoms with Crippen molar-refractivity contribution < 1.29 is 37.5 Å². The van der Waals surface area contributed by atoms with Crippen molar-refractivity contribution >= 4 is 28.4 Å². The van der Waals surface area contributed by atoms with E-state index in [1.54, 1.807) is 11.9 Å². The molecule has 0 aliphatic carbocycles. The molecule has 1 aliphatic rings. The van der Waals surface area contributed by atoms with E-state index in [4.69, 9.17) is 20.6 Å². The number of halogens is 2. The number of benzene rings is 2. The SMILES string of the molecule is CC(C(=O)O)S(=O)c1ccc(Oc2c(F)cnc(Oc3cc(C(=N)N)ccc3O)c2F)c(C2=NCCN2C)c1. The molecular formula is C25H23F2N5O6S. The number of aromatic hydroxyl groups is 1. The number of phenolic OH excluding ortho intramolecular Hbond substituents is 1. The van der Waals surface area contributed by atoms with E-state index in [9.17, 15) is 23.6 Å². The van der Waals surface area contributed by atoms with Crippen molar-refractivity contribution in [2.24, 2.45) is 10.7 Å². The molecule has 3 aromatic rings. The number of hydrogen-bond acceptors (Lipinski definition) is 9. The molecule has 2 unspecified atom stereocenters. The van der Waals surface area contributed by atoms with Crippen LogP contribution in [-0.2, 0) is 15.6 Å². The lowest BCUT2D eigenvalue weighted by atomic mass is 10.1. The summed E-state index contributed by atoms with van der Waals surface area (Å²) in [7, 11) is -0.195. The van der Waals surface area contributed by atoms with Crippen molar-refractivity contribution in [3.05, 3.63) is 65.4 Å². The number of aromatic nitrogens is 1. The number of nitrogens with one attached hydrogen (secondary N) is 1. The topological polar surface area (TPSA) is 171 Å². The highest BCUT2D eigenvalue weighted by atomic mass is 32.2. The normalized spacial score (nSPS) is 14.5. The van der Waals surface area contributed by atoms with Gasteiger partial charge in [-0.2, -0.15) is 4.39 Å². The Morgan fingerprint density at radius 2 is 1.95 bits per heavy atom. The predicted molar refractivity (Wildman–Crippen MR) is 137 cm³/mol. The average molecular weight is 560 g/mol. The molecule has 0 amide bonds. The third-order valence-electron chi connectivity index (χ3n) is 5.74. The zero-order valence-electron chi connectivity index (χ0n) is 20.6. The molecule has 204 valence electrons. The molecule has 4 rings (SSSR count). The van der Waals surface area contributed by atoms with Gasteiger partial charge in [-0.05, 0) is 43.3 Å². The Labute approximate surface area is 223 Å². The number of nitrogens with zero attached hydrogens (tertiary/aromatic N) is 3. The zero-order chi connectivity index (χ0) is 28.4. The van der Waals surface area contributed by atoms with Crippen molar-refractivity contribution in [1.82, 2.24) is 9.88 Å². The second-order valence-corrected chi connectivity index (χ2v) is 10.2. The van der Waals surface area contributed by atoms with Gasteiger partial charge < -0.3 is 30.3 Å². The van der Waals surface area contributed by atoms with E-state index in [-0.39, 0.29) is 33.4 Å². The molecule has 0 radical (unpaired) electrons. The van der Waals surface area contributed by atoms with Crippen LogP contribution >= 0.6 is 0 Å². The summed E-state index contributed by atoms with van der Waals surface area (Å²) in [6, 6.07) is 7.78. The maximum atomic E-state index is 15.4. The number of nitrogens with two attached hydrogens (primary N) is 1. The Morgan fingerprint density at radius 1 is 1.21 bits per heavy atom. The summed E-state index contributed by atoms with van der Waals surface area (Å²) < 4.78 is 53.9. The molecule has 0 bridgehead atoms. The van der Waals surface area contributed by atoms with Gasteiger partial charge in [0.1, 0.15) is 22.7 Å². The third kappa shape index (κ3) is 5.65. The zero-order valence-corrected chi connectivity index (χ0v) is 21.5. The quantitative estimate of drug-likeness (QED) is 0.227. The van der Waals surface area contributed by atoms with Crippen LogP contribution in [0.1, 0.15) is 18.1 Å². The first-order valence-electron chi connectivity index (χ1n) is 11.4. The van der Waals surface area contributed by atoms with Crippen LogP contribution in [0.5, 0.6) is 28.9 Å². The summed E-state index contributed by atoms with van der Waals surface area (Å²) in [5.74, 6) is -6.03. The molecule has 0 fully saturated rings. The molecule has 11 nitrogen and oxygen atoms in total. The first-order chi connectivity index (χ1) is 18.5. The molecule has 0 saturated heterocycles. The lowest BCUT2D eigenvalue weighted by molar-refractivity contribution is -0.136. The predicted octanol–water partition coefficient (Wildman–Crippen LogP) is 3.21. The van der Waals surface area contributed by atoms with Crippen molar-refractivity contribution in [2.45, 2.75) is 17.1 Å². The standard InChI is InChI=1S/C25H23F2N5O6S/c1-12(25(34)35)39(36)14-4-6-18(15(10-14)23-30-7-8-32(23)2)37-21-16(26)11-31-24(20(21)27)38-19-9-13(22(28)29)3-5-17(19)33/h3-6,9-12,33H,7-8H2,1-2H3,(H3,28,29)(H,34,35). The lowest BCUT2D eigenvalue weighted by Crippen LogP contribution is -2.25. The maximum Gasteiger partial charge on any atom is 0.319 e. The molecule has 2 aromatic carbocycles. The van der Waals surface area contributed by atoms with Crippen LogP contribution in [0.4, 0.5) is 8.78 Å². The third-order valence-corrected chi connectivity index (χ3v) is 7.30. The number of nitrogen functional groups attached to an aromatic ring is 1. The van der Waals surface area contributed by atoms with E-state index in [1.807, 2.05) is 0 Å². The smallest absolute Gasteiger partial charge is 0.319 e. The summed E-state index contributed by atoms with van der Waals surface area (Å²) in [5.41, 5.74) is 5.87. The maximum absolute atomic E-state index is 15.4.